The lowest BCUT2D eigenvalue weighted by atomic mass is 10.2. The minimum Gasteiger partial charge on any atom is -0.299 e. The van der Waals surface area contributed by atoms with E-state index in [1.165, 1.54) is 17.0 Å². The van der Waals surface area contributed by atoms with Gasteiger partial charge in [0.1, 0.15) is 5.39 Å². The van der Waals surface area contributed by atoms with Gasteiger partial charge in [-0.15, -0.1) is 0 Å². The zero-order valence-electron chi connectivity index (χ0n) is 8.00. The Hall–Kier alpha value is -1.78. The molecule has 0 aliphatic carbocycles. The summed E-state index contributed by atoms with van der Waals surface area (Å²) >= 11 is 0. The van der Waals surface area contributed by atoms with Gasteiger partial charge in [-0.1, -0.05) is 0 Å². The topological polar surface area (TPSA) is 34.9 Å². The van der Waals surface area contributed by atoms with E-state index < -0.39 is 17.2 Å². The van der Waals surface area contributed by atoms with Crippen molar-refractivity contribution in [3.8, 4) is 0 Å². The van der Waals surface area contributed by atoms with Crippen LogP contribution in [-0.2, 0) is 6.54 Å². The molecule has 2 aromatic rings. The van der Waals surface area contributed by atoms with Crippen molar-refractivity contribution in [1.29, 1.82) is 0 Å². The van der Waals surface area contributed by atoms with Gasteiger partial charge in [0.2, 0.25) is 0 Å². The molecule has 0 spiro atoms. The van der Waals surface area contributed by atoms with Crippen molar-refractivity contribution >= 4 is 10.9 Å². The van der Waals surface area contributed by atoms with Crippen LogP contribution in [0.25, 0.3) is 10.9 Å². The predicted molar refractivity (Wildman–Crippen MR) is 51.6 cm³/mol. The molecule has 1 aromatic heterocycles. The van der Waals surface area contributed by atoms with Crippen LogP contribution in [0.2, 0.25) is 0 Å². The van der Waals surface area contributed by atoms with Gasteiger partial charge in [0.25, 0.3) is 5.56 Å². The Kier molecular flexibility index (Phi) is 2.22. The van der Waals surface area contributed by atoms with Crippen LogP contribution < -0.4 is 5.56 Å². The summed E-state index contributed by atoms with van der Waals surface area (Å²) in [5.74, 6) is -2.16. The van der Waals surface area contributed by atoms with Crippen LogP contribution >= 0.6 is 0 Å². The van der Waals surface area contributed by atoms with Gasteiger partial charge >= 0.3 is 0 Å². The van der Waals surface area contributed by atoms with Crippen LogP contribution in [0.1, 0.15) is 6.92 Å². The highest BCUT2D eigenvalue weighted by atomic mass is 19.2. The van der Waals surface area contributed by atoms with Crippen molar-refractivity contribution in [2.24, 2.45) is 0 Å². The van der Waals surface area contributed by atoms with Crippen molar-refractivity contribution in [1.82, 2.24) is 9.55 Å². The van der Waals surface area contributed by atoms with Gasteiger partial charge in [-0.2, -0.15) is 0 Å². The number of fused-ring (bicyclic) bond motifs is 1. The quantitative estimate of drug-likeness (QED) is 0.718. The van der Waals surface area contributed by atoms with Crippen LogP contribution in [0, 0.1) is 11.6 Å². The maximum absolute atomic E-state index is 13.3. The zero-order chi connectivity index (χ0) is 11.0. The number of rotatable bonds is 1. The summed E-state index contributed by atoms with van der Waals surface area (Å²) in [6, 6.07) is 2.25. The first-order chi connectivity index (χ1) is 7.15. The average Bonchev–Trinajstić information content (AvgIpc) is 2.24. The number of nitrogens with zero attached hydrogens (tertiary/aromatic N) is 2. The van der Waals surface area contributed by atoms with Crippen LogP contribution in [0.3, 0.4) is 0 Å². The second-order valence-electron chi connectivity index (χ2n) is 3.09. The second kappa shape index (κ2) is 3.42. The molecule has 0 atom stereocenters. The van der Waals surface area contributed by atoms with Crippen LogP contribution in [-0.4, -0.2) is 9.55 Å². The molecule has 0 saturated carbocycles. The van der Waals surface area contributed by atoms with E-state index in [9.17, 15) is 13.6 Å². The van der Waals surface area contributed by atoms with Gasteiger partial charge in [0.15, 0.2) is 11.6 Å². The lowest BCUT2D eigenvalue weighted by Gasteiger charge is -2.03. The largest absolute Gasteiger partial charge is 0.299 e. The Morgan fingerprint density at radius 2 is 2.13 bits per heavy atom. The number of aromatic nitrogens is 2. The number of halogens is 2. The lowest BCUT2D eigenvalue weighted by molar-refractivity contribution is 0.515. The van der Waals surface area contributed by atoms with Crippen LogP contribution in [0.4, 0.5) is 8.78 Å². The summed E-state index contributed by atoms with van der Waals surface area (Å²) in [6.45, 7) is 2.10. The van der Waals surface area contributed by atoms with E-state index >= 15 is 0 Å². The van der Waals surface area contributed by atoms with Gasteiger partial charge in [-0.05, 0) is 19.1 Å². The fourth-order valence-electron chi connectivity index (χ4n) is 1.40. The number of benzene rings is 1. The Labute approximate surface area is 84.0 Å². The number of aryl methyl sites for hydroxylation is 1. The first-order valence-corrected chi connectivity index (χ1v) is 4.48. The highest BCUT2D eigenvalue weighted by Gasteiger charge is 2.12. The molecule has 5 heteroatoms. The predicted octanol–water partition coefficient (Wildman–Crippen LogP) is 1.69. The molecule has 3 nitrogen and oxygen atoms in total. The molecule has 1 aromatic carbocycles. The van der Waals surface area contributed by atoms with Crippen molar-refractivity contribution in [2.75, 3.05) is 0 Å². The number of hydrogen-bond acceptors (Lipinski definition) is 2. The summed E-state index contributed by atoms with van der Waals surface area (Å²) in [6.07, 6.45) is 1.32. The fraction of sp³-hybridized carbons (Fsp3) is 0.200. The molecule has 78 valence electrons. The van der Waals surface area contributed by atoms with E-state index in [0.717, 1.165) is 6.07 Å². The van der Waals surface area contributed by atoms with Gasteiger partial charge in [0.05, 0.1) is 11.8 Å². The maximum atomic E-state index is 13.3. The molecule has 0 aliphatic heterocycles. The fourth-order valence-corrected chi connectivity index (χ4v) is 1.40. The normalized spacial score (nSPS) is 10.9. The Morgan fingerprint density at radius 3 is 2.80 bits per heavy atom. The van der Waals surface area contributed by atoms with Gasteiger partial charge in [0, 0.05) is 6.54 Å². The molecule has 0 radical (unpaired) electrons. The highest BCUT2D eigenvalue weighted by Crippen LogP contribution is 2.14. The first-order valence-electron chi connectivity index (χ1n) is 4.48. The summed E-state index contributed by atoms with van der Waals surface area (Å²) in [7, 11) is 0. The Balaban J connectivity index is 2.96. The van der Waals surface area contributed by atoms with Crippen molar-refractivity contribution < 1.29 is 8.78 Å². The second-order valence-corrected chi connectivity index (χ2v) is 3.09. The number of hydrogen-bond donors (Lipinski definition) is 0. The monoisotopic (exact) mass is 210 g/mol. The smallest absolute Gasteiger partial charge is 0.264 e. The molecule has 0 N–H and O–H groups in total. The Bertz CT molecular complexity index is 577. The molecule has 0 fully saturated rings. The minimum absolute atomic E-state index is 0.170. The highest BCUT2D eigenvalue weighted by molar-refractivity contribution is 5.77. The standard InChI is InChI=1S/C10H8F2N2O/c1-2-14-5-13-7-4-3-6(11)9(12)8(7)10(14)15/h3-5H,2H2,1H3. The third-order valence-electron chi connectivity index (χ3n) is 2.22. The SMILES string of the molecule is CCn1cnc2ccc(F)c(F)c2c1=O. The van der Waals surface area contributed by atoms with Crippen LogP contribution in [0.15, 0.2) is 23.3 Å². The van der Waals surface area contributed by atoms with E-state index in [-0.39, 0.29) is 10.9 Å². The molecule has 0 saturated heterocycles. The molecule has 1 heterocycles. The first kappa shape index (κ1) is 9.76. The van der Waals surface area contributed by atoms with E-state index in [2.05, 4.69) is 4.98 Å². The molecule has 0 amide bonds. The van der Waals surface area contributed by atoms with E-state index in [0.29, 0.717) is 6.54 Å². The third kappa shape index (κ3) is 1.40. The van der Waals surface area contributed by atoms with E-state index in [4.69, 9.17) is 0 Å². The van der Waals surface area contributed by atoms with Gasteiger partial charge in [-0.25, -0.2) is 13.8 Å². The summed E-state index contributed by atoms with van der Waals surface area (Å²) in [4.78, 5) is 15.5. The van der Waals surface area contributed by atoms with Crippen molar-refractivity contribution in [2.45, 2.75) is 13.5 Å². The Morgan fingerprint density at radius 1 is 1.40 bits per heavy atom. The van der Waals surface area contributed by atoms with E-state index in [1.807, 2.05) is 0 Å². The molecule has 0 bridgehead atoms. The zero-order valence-corrected chi connectivity index (χ0v) is 8.00. The molecular weight excluding hydrogens is 202 g/mol. The van der Waals surface area contributed by atoms with Crippen molar-refractivity contribution in [3.63, 3.8) is 0 Å². The molecule has 0 unspecified atom stereocenters. The average molecular weight is 210 g/mol. The van der Waals surface area contributed by atoms with Crippen LogP contribution in [0.5, 0.6) is 0 Å². The maximum Gasteiger partial charge on any atom is 0.264 e. The molecule has 15 heavy (non-hydrogen) atoms. The van der Waals surface area contributed by atoms with Gasteiger partial charge < -0.3 is 0 Å². The summed E-state index contributed by atoms with van der Waals surface area (Å²) in [5.41, 5.74) is -0.386. The van der Waals surface area contributed by atoms with E-state index in [1.54, 1.807) is 6.92 Å². The lowest BCUT2D eigenvalue weighted by Crippen LogP contribution is -2.20. The molecular formula is C10H8F2N2O. The molecule has 2 rings (SSSR count). The summed E-state index contributed by atoms with van der Waals surface area (Å²) < 4.78 is 27.5. The van der Waals surface area contributed by atoms with Gasteiger partial charge in [-0.3, -0.25) is 9.36 Å². The molecule has 0 aliphatic rings. The van der Waals surface area contributed by atoms with Crippen molar-refractivity contribution in [3.05, 3.63) is 40.4 Å². The third-order valence-corrected chi connectivity index (χ3v) is 2.22. The summed E-state index contributed by atoms with van der Waals surface area (Å²) in [5, 5.41) is -0.292. The minimum atomic E-state index is -1.13.